The first-order valence-corrected chi connectivity index (χ1v) is 12.5. The molecule has 0 atom stereocenters. The van der Waals surface area contributed by atoms with Crippen molar-refractivity contribution in [1.29, 1.82) is 0 Å². The number of rotatable bonds is 8. The number of Topliss-reactive ketones (excluding diaryl/α,β-unsaturated/α-hetero) is 1. The maximum atomic E-state index is 13.6. The van der Waals surface area contributed by atoms with Crippen molar-refractivity contribution >= 4 is 26.7 Å². The summed E-state index contributed by atoms with van der Waals surface area (Å²) in [7, 11) is -3.92. The van der Waals surface area contributed by atoms with Crippen LogP contribution in [0.25, 0.3) is 10.9 Å². The minimum Gasteiger partial charge on any atom is -0.322 e. The number of pyridine rings is 1. The van der Waals surface area contributed by atoms with Crippen LogP contribution in [0.5, 0.6) is 0 Å². The van der Waals surface area contributed by atoms with Gasteiger partial charge in [0.2, 0.25) is 10.0 Å². The summed E-state index contributed by atoms with van der Waals surface area (Å²) in [6.45, 7) is 3.53. The van der Waals surface area contributed by atoms with Crippen LogP contribution < -0.4 is 5.56 Å². The first kappa shape index (κ1) is 23.6. The molecule has 0 saturated carbocycles. The van der Waals surface area contributed by atoms with Gasteiger partial charge in [0.25, 0.3) is 5.56 Å². The quantitative estimate of drug-likeness (QED) is 0.382. The molecule has 0 spiro atoms. The van der Waals surface area contributed by atoms with Gasteiger partial charge in [-0.3, -0.25) is 9.59 Å². The molecule has 0 fully saturated rings. The Morgan fingerprint density at radius 2 is 1.65 bits per heavy atom. The van der Waals surface area contributed by atoms with Crippen molar-refractivity contribution in [3.05, 3.63) is 111 Å². The van der Waals surface area contributed by atoms with E-state index < -0.39 is 10.0 Å². The van der Waals surface area contributed by atoms with Gasteiger partial charge >= 0.3 is 0 Å². The smallest absolute Gasteiger partial charge is 0.252 e. The van der Waals surface area contributed by atoms with Gasteiger partial charge in [-0.05, 0) is 61.5 Å². The highest BCUT2D eigenvalue weighted by atomic mass is 32.2. The van der Waals surface area contributed by atoms with Crippen molar-refractivity contribution in [1.82, 2.24) is 9.29 Å². The molecular formula is C27H26N2O4S. The van der Waals surface area contributed by atoms with E-state index in [1.54, 1.807) is 6.07 Å². The van der Waals surface area contributed by atoms with Gasteiger partial charge in [-0.2, -0.15) is 4.31 Å². The number of ketones is 1. The molecule has 0 radical (unpaired) electrons. The van der Waals surface area contributed by atoms with Crippen LogP contribution in [0.4, 0.5) is 0 Å². The monoisotopic (exact) mass is 474 g/mol. The Kier molecular flexibility index (Phi) is 6.77. The van der Waals surface area contributed by atoms with E-state index in [9.17, 15) is 18.0 Å². The third-order valence-corrected chi connectivity index (χ3v) is 7.67. The van der Waals surface area contributed by atoms with E-state index in [-0.39, 0.29) is 29.3 Å². The number of aromatic nitrogens is 1. The second-order valence-electron chi connectivity index (χ2n) is 8.37. The zero-order valence-corrected chi connectivity index (χ0v) is 19.9. The normalized spacial score (nSPS) is 11.7. The van der Waals surface area contributed by atoms with Gasteiger partial charge in [0.05, 0.1) is 4.90 Å². The standard InChI is InChI=1S/C27H26N2O4S/c1-19-8-13-26-23(16-19)17-24(27(31)28-26)18-29(15-14-21-6-4-3-5-7-21)34(32,33)25-11-9-22(10-12-25)20(2)30/h3-13,16-17H,14-15,18H2,1-2H3,(H,28,31). The molecular weight excluding hydrogens is 448 g/mol. The fourth-order valence-electron chi connectivity index (χ4n) is 3.87. The molecule has 6 nitrogen and oxygen atoms in total. The Hall–Kier alpha value is -3.55. The van der Waals surface area contributed by atoms with Crippen molar-refractivity contribution in [2.75, 3.05) is 6.54 Å². The van der Waals surface area contributed by atoms with Crippen LogP contribution >= 0.6 is 0 Å². The number of nitrogens with zero attached hydrogens (tertiary/aromatic N) is 1. The minimum atomic E-state index is -3.92. The lowest BCUT2D eigenvalue weighted by Gasteiger charge is -2.22. The van der Waals surface area contributed by atoms with E-state index >= 15 is 0 Å². The Morgan fingerprint density at radius 3 is 2.32 bits per heavy atom. The van der Waals surface area contributed by atoms with E-state index in [0.29, 0.717) is 23.1 Å². The number of hydrogen-bond donors (Lipinski definition) is 1. The summed E-state index contributed by atoms with van der Waals surface area (Å²) in [6, 6.07) is 23.0. The summed E-state index contributed by atoms with van der Waals surface area (Å²) in [5.41, 5.74) is 3.24. The molecule has 1 heterocycles. The molecule has 0 unspecified atom stereocenters. The van der Waals surface area contributed by atoms with Crippen molar-refractivity contribution in [2.45, 2.75) is 31.7 Å². The van der Waals surface area contributed by atoms with Gasteiger partial charge in [-0.1, -0.05) is 54.1 Å². The molecule has 0 aliphatic carbocycles. The molecule has 4 aromatic rings. The molecule has 0 aliphatic heterocycles. The Bertz CT molecular complexity index is 1490. The van der Waals surface area contributed by atoms with Crippen LogP contribution in [0.3, 0.4) is 0 Å². The van der Waals surface area contributed by atoms with Crippen molar-refractivity contribution in [3.8, 4) is 0 Å². The molecule has 1 aromatic heterocycles. The molecule has 0 saturated heterocycles. The Morgan fingerprint density at radius 1 is 0.941 bits per heavy atom. The van der Waals surface area contributed by atoms with Crippen molar-refractivity contribution in [2.24, 2.45) is 0 Å². The lowest BCUT2D eigenvalue weighted by atomic mass is 10.1. The summed E-state index contributed by atoms with van der Waals surface area (Å²) in [4.78, 5) is 27.4. The van der Waals surface area contributed by atoms with Crippen LogP contribution in [-0.4, -0.2) is 30.0 Å². The Balaban J connectivity index is 1.71. The minimum absolute atomic E-state index is 0.0666. The predicted molar refractivity (Wildman–Crippen MR) is 133 cm³/mol. The van der Waals surface area contributed by atoms with E-state index in [4.69, 9.17) is 0 Å². The summed E-state index contributed by atoms with van der Waals surface area (Å²) in [5.74, 6) is -0.136. The molecule has 0 bridgehead atoms. The van der Waals surface area contributed by atoms with Crippen LogP contribution in [0.2, 0.25) is 0 Å². The molecule has 3 aromatic carbocycles. The number of hydrogen-bond acceptors (Lipinski definition) is 4. The molecule has 0 amide bonds. The van der Waals surface area contributed by atoms with E-state index in [1.165, 1.54) is 35.5 Å². The van der Waals surface area contributed by atoms with Gasteiger partial charge < -0.3 is 4.98 Å². The highest BCUT2D eigenvalue weighted by Gasteiger charge is 2.26. The summed E-state index contributed by atoms with van der Waals surface area (Å²) in [6.07, 6.45) is 0.496. The topological polar surface area (TPSA) is 87.3 Å². The van der Waals surface area contributed by atoms with Crippen LogP contribution in [0.15, 0.2) is 88.6 Å². The number of aryl methyl sites for hydroxylation is 1. The first-order chi connectivity index (χ1) is 16.2. The number of carbonyl (C=O) groups excluding carboxylic acids is 1. The third kappa shape index (κ3) is 5.16. The Labute approximate surface area is 198 Å². The zero-order chi connectivity index (χ0) is 24.3. The van der Waals surface area contributed by atoms with Crippen molar-refractivity contribution < 1.29 is 13.2 Å². The molecule has 7 heteroatoms. The third-order valence-electron chi connectivity index (χ3n) is 5.81. The maximum Gasteiger partial charge on any atom is 0.252 e. The zero-order valence-electron chi connectivity index (χ0n) is 19.1. The summed E-state index contributed by atoms with van der Waals surface area (Å²) < 4.78 is 28.5. The number of sulfonamides is 1. The maximum absolute atomic E-state index is 13.6. The molecule has 34 heavy (non-hydrogen) atoms. The van der Waals surface area contributed by atoms with E-state index in [0.717, 1.165) is 16.5 Å². The number of aromatic amines is 1. The van der Waals surface area contributed by atoms with Gasteiger partial charge in [-0.15, -0.1) is 0 Å². The van der Waals surface area contributed by atoms with Gasteiger partial charge in [0.1, 0.15) is 0 Å². The SMILES string of the molecule is CC(=O)c1ccc(S(=O)(=O)N(CCc2ccccc2)Cc2cc3cc(C)ccc3[nH]c2=O)cc1. The van der Waals surface area contributed by atoms with Gasteiger partial charge in [0.15, 0.2) is 5.78 Å². The highest BCUT2D eigenvalue weighted by Crippen LogP contribution is 2.21. The second kappa shape index (κ2) is 9.75. The fraction of sp³-hybridized carbons (Fsp3) is 0.185. The predicted octanol–water partition coefficient (Wildman–Crippen LogP) is 4.47. The molecule has 1 N–H and O–H groups in total. The van der Waals surface area contributed by atoms with Crippen LogP contribution in [-0.2, 0) is 23.0 Å². The number of H-pyrrole nitrogens is 1. The average Bonchev–Trinajstić information content (AvgIpc) is 2.82. The van der Waals surface area contributed by atoms with E-state index in [2.05, 4.69) is 4.98 Å². The van der Waals surface area contributed by atoms with Gasteiger partial charge in [-0.25, -0.2) is 8.42 Å². The van der Waals surface area contributed by atoms with Gasteiger partial charge in [0, 0.05) is 29.7 Å². The fourth-order valence-corrected chi connectivity index (χ4v) is 5.29. The number of carbonyl (C=O) groups is 1. The molecule has 4 rings (SSSR count). The highest BCUT2D eigenvalue weighted by molar-refractivity contribution is 7.89. The lowest BCUT2D eigenvalue weighted by molar-refractivity contribution is 0.101. The van der Waals surface area contributed by atoms with Crippen LogP contribution in [0.1, 0.15) is 34.0 Å². The second-order valence-corrected chi connectivity index (χ2v) is 10.3. The lowest BCUT2D eigenvalue weighted by Crippen LogP contribution is -2.34. The average molecular weight is 475 g/mol. The van der Waals surface area contributed by atoms with Crippen LogP contribution in [0, 0.1) is 6.92 Å². The molecule has 174 valence electrons. The number of benzene rings is 3. The van der Waals surface area contributed by atoms with E-state index in [1.807, 2.05) is 55.5 Å². The summed E-state index contributed by atoms with van der Waals surface area (Å²) in [5, 5.41) is 0.848. The first-order valence-electron chi connectivity index (χ1n) is 11.0. The van der Waals surface area contributed by atoms with Crippen molar-refractivity contribution in [3.63, 3.8) is 0 Å². The number of nitrogens with one attached hydrogen (secondary N) is 1. The largest absolute Gasteiger partial charge is 0.322 e. The summed E-state index contributed by atoms with van der Waals surface area (Å²) >= 11 is 0. The number of fused-ring (bicyclic) bond motifs is 1. The molecule has 0 aliphatic rings.